The van der Waals surface area contributed by atoms with Crippen LogP contribution in [0.2, 0.25) is 0 Å². The van der Waals surface area contributed by atoms with Crippen molar-refractivity contribution in [2.45, 2.75) is 45.7 Å². The van der Waals surface area contributed by atoms with Crippen molar-refractivity contribution in [1.29, 1.82) is 0 Å². The molecule has 25 heavy (non-hydrogen) atoms. The third-order valence-electron chi connectivity index (χ3n) is 5.06. The summed E-state index contributed by atoms with van der Waals surface area (Å²) in [7, 11) is 2.12. The lowest BCUT2D eigenvalue weighted by molar-refractivity contribution is 0.243. The van der Waals surface area contributed by atoms with Crippen LogP contribution in [0.3, 0.4) is 0 Å². The topological polar surface area (TPSA) is 34.0 Å². The fourth-order valence-corrected chi connectivity index (χ4v) is 3.66. The average molecular weight is 334 g/mol. The van der Waals surface area contributed by atoms with Crippen LogP contribution < -0.4 is 0 Å². The molecule has 3 aromatic rings. The summed E-state index contributed by atoms with van der Waals surface area (Å²) in [5, 5.41) is 1.36. The maximum Gasteiger partial charge on any atom is 0.133 e. The van der Waals surface area contributed by atoms with Crippen molar-refractivity contribution in [3.05, 3.63) is 59.3 Å². The molecule has 2 aromatic heterocycles. The number of aromatic nitrogens is 3. The Balaban J connectivity index is 1.56. The van der Waals surface area contributed by atoms with Gasteiger partial charge in [0, 0.05) is 73.1 Å². The summed E-state index contributed by atoms with van der Waals surface area (Å²) in [6, 6.07) is 8.64. The molecule has 4 rings (SSSR count). The third kappa shape index (κ3) is 3.07. The van der Waals surface area contributed by atoms with Crippen molar-refractivity contribution in [2.75, 3.05) is 6.54 Å². The minimum Gasteiger partial charge on any atom is -0.350 e. The van der Waals surface area contributed by atoms with Crippen molar-refractivity contribution in [1.82, 2.24) is 19.4 Å². The van der Waals surface area contributed by atoms with Crippen LogP contribution >= 0.6 is 0 Å². The van der Waals surface area contributed by atoms with Gasteiger partial charge in [0.25, 0.3) is 0 Å². The fourth-order valence-electron chi connectivity index (χ4n) is 3.66. The average Bonchev–Trinajstić information content (AvgIpc) is 2.90. The van der Waals surface area contributed by atoms with Gasteiger partial charge in [-0.2, -0.15) is 0 Å². The highest BCUT2D eigenvalue weighted by Gasteiger charge is 2.23. The summed E-state index contributed by atoms with van der Waals surface area (Å²) in [5.74, 6) is 0.953. The Morgan fingerprint density at radius 2 is 1.96 bits per heavy atom. The second-order valence-electron chi connectivity index (χ2n) is 8.16. The molecule has 130 valence electrons. The van der Waals surface area contributed by atoms with Gasteiger partial charge < -0.3 is 4.57 Å². The molecule has 0 aliphatic carbocycles. The number of rotatable bonds is 2. The van der Waals surface area contributed by atoms with Crippen LogP contribution in [0.5, 0.6) is 0 Å². The molecule has 0 unspecified atom stereocenters. The van der Waals surface area contributed by atoms with E-state index in [9.17, 15) is 0 Å². The largest absolute Gasteiger partial charge is 0.350 e. The molecule has 4 heteroatoms. The molecule has 1 aromatic carbocycles. The monoisotopic (exact) mass is 334 g/mol. The van der Waals surface area contributed by atoms with Gasteiger partial charge in [0.2, 0.25) is 0 Å². The molecule has 0 N–H and O–H groups in total. The zero-order valence-corrected chi connectivity index (χ0v) is 15.6. The zero-order valence-electron chi connectivity index (χ0n) is 15.6. The van der Waals surface area contributed by atoms with Gasteiger partial charge in [0.05, 0.1) is 0 Å². The number of aryl methyl sites for hydroxylation is 1. The first-order chi connectivity index (χ1) is 11.9. The van der Waals surface area contributed by atoms with Crippen molar-refractivity contribution in [3.8, 4) is 0 Å². The zero-order chi connectivity index (χ0) is 17.6. The fraction of sp³-hybridized carbons (Fsp3) is 0.429. The Morgan fingerprint density at radius 1 is 1.16 bits per heavy atom. The van der Waals surface area contributed by atoms with E-state index in [2.05, 4.69) is 72.7 Å². The third-order valence-corrected chi connectivity index (χ3v) is 5.06. The van der Waals surface area contributed by atoms with Crippen molar-refractivity contribution < 1.29 is 0 Å². The normalized spacial score (nSPS) is 15.5. The highest BCUT2D eigenvalue weighted by molar-refractivity contribution is 5.83. The molecule has 4 nitrogen and oxygen atoms in total. The molecule has 0 bridgehead atoms. The van der Waals surface area contributed by atoms with Gasteiger partial charge in [-0.1, -0.05) is 39.0 Å². The van der Waals surface area contributed by atoms with Crippen molar-refractivity contribution in [2.24, 2.45) is 7.05 Å². The van der Waals surface area contributed by atoms with Gasteiger partial charge in [-0.25, -0.2) is 9.97 Å². The van der Waals surface area contributed by atoms with Gasteiger partial charge in [-0.15, -0.1) is 0 Å². The first-order valence-corrected chi connectivity index (χ1v) is 9.02. The molecule has 3 heterocycles. The standard InChI is InChI=1S/C21H26N4/c1-21(2,3)20-22-11-15-13-25(10-9-18(15)23-20)14-16-12-24(4)19-8-6-5-7-17(16)19/h5-8,11-12H,9-10,13-14H2,1-4H3. The summed E-state index contributed by atoms with van der Waals surface area (Å²) < 4.78 is 2.22. The van der Waals surface area contributed by atoms with Gasteiger partial charge in [0.1, 0.15) is 5.82 Å². The predicted molar refractivity (Wildman–Crippen MR) is 101 cm³/mol. The van der Waals surface area contributed by atoms with Crippen LogP contribution in [0.1, 0.15) is 43.4 Å². The lowest BCUT2D eigenvalue weighted by Gasteiger charge is -2.29. The van der Waals surface area contributed by atoms with E-state index in [4.69, 9.17) is 4.98 Å². The van der Waals surface area contributed by atoms with E-state index in [1.807, 2.05) is 6.20 Å². The molecule has 0 atom stereocenters. The minimum atomic E-state index is 0.00905. The minimum absolute atomic E-state index is 0.00905. The Bertz CT molecular complexity index is 917. The van der Waals surface area contributed by atoms with Gasteiger partial charge in [0.15, 0.2) is 0 Å². The number of fused-ring (bicyclic) bond motifs is 2. The number of nitrogens with zero attached hydrogens (tertiary/aromatic N) is 4. The number of para-hydroxylation sites is 1. The molecule has 0 saturated carbocycles. The Hall–Kier alpha value is -2.20. The van der Waals surface area contributed by atoms with Crippen molar-refractivity contribution >= 4 is 10.9 Å². The molecule has 0 spiro atoms. The van der Waals surface area contributed by atoms with Crippen LogP contribution in [0.4, 0.5) is 0 Å². The molecule has 0 fully saturated rings. The summed E-state index contributed by atoms with van der Waals surface area (Å²) in [6.07, 6.45) is 5.31. The summed E-state index contributed by atoms with van der Waals surface area (Å²) in [4.78, 5) is 12.0. The summed E-state index contributed by atoms with van der Waals surface area (Å²) >= 11 is 0. The SMILES string of the molecule is Cn1cc(CN2CCc3nc(C(C)(C)C)ncc3C2)c2ccccc21. The number of hydrogen-bond donors (Lipinski definition) is 0. The van der Waals surface area contributed by atoms with E-state index < -0.39 is 0 Å². The number of benzene rings is 1. The molecule has 0 radical (unpaired) electrons. The highest BCUT2D eigenvalue weighted by atomic mass is 15.1. The summed E-state index contributed by atoms with van der Waals surface area (Å²) in [5.41, 5.74) is 5.21. The molecule has 1 aliphatic heterocycles. The van der Waals surface area contributed by atoms with Crippen LogP contribution in [0, 0.1) is 0 Å². The first-order valence-electron chi connectivity index (χ1n) is 9.02. The second kappa shape index (κ2) is 5.95. The Kier molecular flexibility index (Phi) is 3.88. The van der Waals surface area contributed by atoms with E-state index in [0.717, 1.165) is 31.9 Å². The quantitative estimate of drug-likeness (QED) is 0.714. The predicted octanol–water partition coefficient (Wildman–Crippen LogP) is 3.82. The molecular formula is C21H26N4. The number of hydrogen-bond acceptors (Lipinski definition) is 3. The highest BCUT2D eigenvalue weighted by Crippen LogP contribution is 2.26. The van der Waals surface area contributed by atoms with Crippen LogP contribution in [0.15, 0.2) is 36.7 Å². The Labute approximate surface area is 149 Å². The van der Waals surface area contributed by atoms with Gasteiger partial charge in [-0.05, 0) is 11.6 Å². The molecule has 1 aliphatic rings. The van der Waals surface area contributed by atoms with Crippen molar-refractivity contribution in [3.63, 3.8) is 0 Å². The molecule has 0 saturated heterocycles. The van der Waals surface area contributed by atoms with E-state index in [1.54, 1.807) is 0 Å². The second-order valence-corrected chi connectivity index (χ2v) is 8.16. The molecular weight excluding hydrogens is 308 g/mol. The first kappa shape index (κ1) is 16.3. The van der Waals surface area contributed by atoms with Crippen LogP contribution in [0.25, 0.3) is 10.9 Å². The maximum absolute atomic E-state index is 4.84. The lowest BCUT2D eigenvalue weighted by Crippen LogP contribution is -2.31. The molecule has 0 amide bonds. The summed E-state index contributed by atoms with van der Waals surface area (Å²) in [6.45, 7) is 9.47. The Morgan fingerprint density at radius 3 is 2.76 bits per heavy atom. The smallest absolute Gasteiger partial charge is 0.133 e. The van der Waals surface area contributed by atoms with E-state index in [-0.39, 0.29) is 5.41 Å². The van der Waals surface area contributed by atoms with E-state index >= 15 is 0 Å². The van der Waals surface area contributed by atoms with E-state index in [1.165, 1.54) is 27.7 Å². The van der Waals surface area contributed by atoms with Gasteiger partial charge >= 0.3 is 0 Å². The lowest BCUT2D eigenvalue weighted by atomic mass is 9.95. The van der Waals surface area contributed by atoms with Gasteiger partial charge in [-0.3, -0.25) is 4.90 Å². The van der Waals surface area contributed by atoms with Crippen LogP contribution in [-0.2, 0) is 32.0 Å². The van der Waals surface area contributed by atoms with Crippen LogP contribution in [-0.4, -0.2) is 26.0 Å². The van der Waals surface area contributed by atoms with E-state index in [0.29, 0.717) is 0 Å². The maximum atomic E-state index is 4.84.